The Morgan fingerprint density at radius 2 is 2.05 bits per heavy atom. The topological polar surface area (TPSA) is 49.4 Å². The molecule has 114 valence electrons. The molecule has 1 atom stereocenters. The zero-order valence-corrected chi connectivity index (χ0v) is 12.6. The summed E-state index contributed by atoms with van der Waals surface area (Å²) in [6.45, 7) is 2.70. The maximum absolute atomic E-state index is 13.1. The molecule has 0 radical (unpaired) electrons. The molecule has 0 saturated carbocycles. The fraction of sp³-hybridized carbons (Fsp3) is 0.467. The first-order chi connectivity index (χ1) is 9.97. The molecule has 1 heterocycles. The molecule has 0 bridgehead atoms. The van der Waals surface area contributed by atoms with Crippen LogP contribution < -0.4 is 5.32 Å². The molecule has 0 spiro atoms. The van der Waals surface area contributed by atoms with E-state index in [1.165, 1.54) is 18.2 Å². The highest BCUT2D eigenvalue weighted by Gasteiger charge is 2.25. The summed E-state index contributed by atoms with van der Waals surface area (Å²) < 4.78 is 13.1. The van der Waals surface area contributed by atoms with Crippen LogP contribution in [-0.4, -0.2) is 41.2 Å². The van der Waals surface area contributed by atoms with Crippen LogP contribution in [0.1, 0.15) is 30.1 Å². The molecule has 1 fully saturated rings. The first-order valence-electron chi connectivity index (χ1n) is 6.96. The zero-order chi connectivity index (χ0) is 15.4. The van der Waals surface area contributed by atoms with E-state index in [1.807, 2.05) is 0 Å². The van der Waals surface area contributed by atoms with Crippen LogP contribution in [0.3, 0.4) is 0 Å². The smallest absolute Gasteiger partial charge is 0.253 e. The Bertz CT molecular complexity index is 528. The Morgan fingerprint density at radius 1 is 1.38 bits per heavy atom. The Labute approximate surface area is 128 Å². The minimum absolute atomic E-state index is 0.0373. The van der Waals surface area contributed by atoms with Gasteiger partial charge in [-0.1, -0.05) is 6.07 Å². The molecule has 6 heteroatoms. The van der Waals surface area contributed by atoms with Crippen LogP contribution in [-0.2, 0) is 4.79 Å². The number of carbonyl (C=O) groups is 2. The summed E-state index contributed by atoms with van der Waals surface area (Å²) in [7, 11) is 0. The number of amides is 2. The Kier molecular flexibility index (Phi) is 5.17. The van der Waals surface area contributed by atoms with Crippen LogP contribution in [0.15, 0.2) is 24.3 Å². The van der Waals surface area contributed by atoms with Gasteiger partial charge in [-0.25, -0.2) is 4.39 Å². The van der Waals surface area contributed by atoms with E-state index in [9.17, 15) is 14.0 Å². The average molecular weight is 313 g/mol. The number of carbonyl (C=O) groups excluding carboxylic acids is 2. The third-order valence-electron chi connectivity index (χ3n) is 3.56. The molecule has 1 aliphatic heterocycles. The van der Waals surface area contributed by atoms with Crippen LogP contribution in [0.25, 0.3) is 0 Å². The predicted molar refractivity (Wildman–Crippen MR) is 78.8 cm³/mol. The van der Waals surface area contributed by atoms with Crippen molar-refractivity contribution in [3.05, 3.63) is 35.6 Å². The number of rotatable bonds is 3. The fourth-order valence-corrected chi connectivity index (χ4v) is 2.41. The lowest BCUT2D eigenvalue weighted by atomic mass is 10.0. The quantitative estimate of drug-likeness (QED) is 0.870. The van der Waals surface area contributed by atoms with Crippen molar-refractivity contribution in [2.45, 2.75) is 31.2 Å². The molecule has 21 heavy (non-hydrogen) atoms. The van der Waals surface area contributed by atoms with Crippen molar-refractivity contribution < 1.29 is 14.0 Å². The van der Waals surface area contributed by atoms with Gasteiger partial charge in [-0.3, -0.25) is 9.59 Å². The Balaban J connectivity index is 1.89. The highest BCUT2D eigenvalue weighted by Crippen LogP contribution is 2.15. The molecule has 4 nitrogen and oxygen atoms in total. The van der Waals surface area contributed by atoms with E-state index in [0.717, 1.165) is 0 Å². The van der Waals surface area contributed by atoms with Crippen LogP contribution in [0.2, 0.25) is 0 Å². The second-order valence-corrected chi connectivity index (χ2v) is 5.86. The van der Waals surface area contributed by atoms with Gasteiger partial charge in [-0.2, -0.15) is 0 Å². The number of hydrogen-bond acceptors (Lipinski definition) is 2. The molecule has 0 aromatic heterocycles. The third kappa shape index (κ3) is 4.17. The highest BCUT2D eigenvalue weighted by molar-refractivity contribution is 6.30. The minimum atomic E-state index is -0.558. The molecule has 1 aromatic rings. The molecule has 0 aliphatic carbocycles. The van der Waals surface area contributed by atoms with E-state index in [2.05, 4.69) is 5.32 Å². The maximum atomic E-state index is 13.1. The van der Waals surface area contributed by atoms with Crippen molar-refractivity contribution in [1.29, 1.82) is 0 Å². The maximum Gasteiger partial charge on any atom is 0.253 e. The molecular formula is C15H18ClFN2O2. The third-order valence-corrected chi connectivity index (χ3v) is 3.76. The van der Waals surface area contributed by atoms with E-state index in [4.69, 9.17) is 11.6 Å². The lowest BCUT2D eigenvalue weighted by Gasteiger charge is -2.32. The number of piperidine rings is 1. The van der Waals surface area contributed by atoms with Crippen LogP contribution in [0.5, 0.6) is 0 Å². The predicted octanol–water partition coefficient (Wildman–Crippen LogP) is 2.17. The van der Waals surface area contributed by atoms with Gasteiger partial charge >= 0.3 is 0 Å². The Morgan fingerprint density at radius 3 is 2.62 bits per heavy atom. The van der Waals surface area contributed by atoms with Crippen molar-refractivity contribution in [3.8, 4) is 0 Å². The summed E-state index contributed by atoms with van der Waals surface area (Å²) in [5, 5.41) is 2.30. The summed E-state index contributed by atoms with van der Waals surface area (Å²) in [6, 6.07) is 5.72. The number of nitrogens with zero attached hydrogens (tertiary/aromatic N) is 1. The molecule has 1 saturated heterocycles. The van der Waals surface area contributed by atoms with Gasteiger partial charge in [0, 0.05) is 24.7 Å². The van der Waals surface area contributed by atoms with Crippen molar-refractivity contribution in [2.75, 3.05) is 13.1 Å². The number of hydrogen-bond donors (Lipinski definition) is 1. The number of likely N-dealkylation sites (tertiary alicyclic amines) is 1. The zero-order valence-electron chi connectivity index (χ0n) is 11.8. The van der Waals surface area contributed by atoms with Gasteiger partial charge in [0.2, 0.25) is 5.91 Å². The average Bonchev–Trinajstić information content (AvgIpc) is 2.47. The molecular weight excluding hydrogens is 295 g/mol. The lowest BCUT2D eigenvalue weighted by molar-refractivity contribution is -0.121. The molecule has 1 aromatic carbocycles. The van der Waals surface area contributed by atoms with Crippen LogP contribution >= 0.6 is 11.6 Å². The van der Waals surface area contributed by atoms with Crippen molar-refractivity contribution in [3.63, 3.8) is 0 Å². The van der Waals surface area contributed by atoms with E-state index in [0.29, 0.717) is 31.5 Å². The summed E-state index contributed by atoms with van der Waals surface area (Å²) in [6.07, 6.45) is 1.35. The summed E-state index contributed by atoms with van der Waals surface area (Å²) >= 11 is 5.71. The lowest BCUT2D eigenvalue weighted by Crippen LogP contribution is -2.47. The first-order valence-corrected chi connectivity index (χ1v) is 7.40. The van der Waals surface area contributed by atoms with Gasteiger partial charge in [0.1, 0.15) is 11.2 Å². The summed E-state index contributed by atoms with van der Waals surface area (Å²) in [5.41, 5.74) is 0.354. The number of halogens is 2. The summed E-state index contributed by atoms with van der Waals surface area (Å²) in [5.74, 6) is -0.782. The van der Waals surface area contributed by atoms with Crippen LogP contribution in [0, 0.1) is 5.82 Å². The number of benzene rings is 1. The molecule has 1 aliphatic rings. The number of alkyl halides is 1. The van der Waals surface area contributed by atoms with E-state index in [1.54, 1.807) is 17.9 Å². The van der Waals surface area contributed by atoms with Crippen molar-refractivity contribution in [2.24, 2.45) is 0 Å². The molecule has 2 amide bonds. The summed E-state index contributed by atoms with van der Waals surface area (Å²) in [4.78, 5) is 25.4. The normalized spacial score (nSPS) is 17.4. The van der Waals surface area contributed by atoms with Crippen molar-refractivity contribution >= 4 is 23.4 Å². The minimum Gasteiger partial charge on any atom is -0.352 e. The molecule has 1 unspecified atom stereocenters. The van der Waals surface area contributed by atoms with Gasteiger partial charge in [0.25, 0.3) is 5.91 Å². The Hall–Kier alpha value is -1.62. The largest absolute Gasteiger partial charge is 0.352 e. The first kappa shape index (κ1) is 15.8. The van der Waals surface area contributed by atoms with Crippen LogP contribution in [0.4, 0.5) is 4.39 Å². The second kappa shape index (κ2) is 6.89. The van der Waals surface area contributed by atoms with Gasteiger partial charge in [0.15, 0.2) is 0 Å². The second-order valence-electron chi connectivity index (χ2n) is 5.20. The van der Waals surface area contributed by atoms with E-state index >= 15 is 0 Å². The fourth-order valence-electron chi connectivity index (χ4n) is 2.35. The number of nitrogens with one attached hydrogen (secondary N) is 1. The van der Waals surface area contributed by atoms with Gasteiger partial charge in [-0.15, -0.1) is 11.6 Å². The standard InChI is InChI=1S/C15H18ClFN2O2/c1-10(16)14(20)18-13-5-7-19(8-6-13)15(21)11-3-2-4-12(17)9-11/h2-4,9-10,13H,5-8H2,1H3,(H,18,20). The SMILES string of the molecule is CC(Cl)C(=O)NC1CCN(C(=O)c2cccc(F)c2)CC1. The van der Waals surface area contributed by atoms with E-state index in [-0.39, 0.29) is 17.9 Å². The van der Waals surface area contributed by atoms with Gasteiger partial charge < -0.3 is 10.2 Å². The highest BCUT2D eigenvalue weighted by atomic mass is 35.5. The molecule has 1 N–H and O–H groups in total. The van der Waals surface area contributed by atoms with Gasteiger partial charge in [-0.05, 0) is 38.0 Å². The molecule has 2 rings (SSSR count). The van der Waals surface area contributed by atoms with Gasteiger partial charge in [0.05, 0.1) is 0 Å². The monoisotopic (exact) mass is 312 g/mol. The van der Waals surface area contributed by atoms with Crippen molar-refractivity contribution in [1.82, 2.24) is 10.2 Å². The van der Waals surface area contributed by atoms with E-state index < -0.39 is 11.2 Å².